The second-order valence-electron chi connectivity index (χ2n) is 12.4. The molecule has 4 fully saturated rings. The van der Waals surface area contributed by atoms with Crippen molar-refractivity contribution in [3.63, 3.8) is 0 Å². The molecule has 5 nitrogen and oxygen atoms in total. The van der Waals surface area contributed by atoms with Crippen LogP contribution < -0.4 is 0 Å². The summed E-state index contributed by atoms with van der Waals surface area (Å²) in [6.45, 7) is 7.40. The Bertz CT molecular complexity index is 904. The van der Waals surface area contributed by atoms with Gasteiger partial charge in [-0.3, -0.25) is 14.5 Å². The number of aliphatic hydroxyl groups is 1. The fourth-order valence-electron chi connectivity index (χ4n) is 8.91. The van der Waals surface area contributed by atoms with E-state index < -0.39 is 5.60 Å². The Morgan fingerprint density at radius 2 is 1.91 bits per heavy atom. The molecule has 0 bridgehead atoms. The van der Waals surface area contributed by atoms with E-state index in [-0.39, 0.29) is 11.3 Å². The largest absolute Gasteiger partial charge is 0.390 e. The predicted octanol–water partition coefficient (Wildman–Crippen LogP) is 4.91. The summed E-state index contributed by atoms with van der Waals surface area (Å²) in [5, 5.41) is 15.1. The first-order chi connectivity index (χ1) is 15.2. The fraction of sp³-hybridized carbons (Fsp3) is 0.815. The zero-order chi connectivity index (χ0) is 22.7. The van der Waals surface area contributed by atoms with E-state index in [1.807, 2.05) is 13.1 Å². The van der Waals surface area contributed by atoms with Crippen molar-refractivity contribution >= 4 is 12.0 Å². The van der Waals surface area contributed by atoms with Crippen LogP contribution in [-0.4, -0.2) is 39.5 Å². The third kappa shape index (κ3) is 3.50. The third-order valence-electron chi connectivity index (χ3n) is 10.6. The summed E-state index contributed by atoms with van der Waals surface area (Å²) >= 11 is 0. The molecule has 32 heavy (non-hydrogen) atoms. The average molecular weight is 440 g/mol. The number of rotatable bonds is 4. The number of ketones is 1. The van der Waals surface area contributed by atoms with Gasteiger partial charge in [0, 0.05) is 30.9 Å². The van der Waals surface area contributed by atoms with E-state index >= 15 is 0 Å². The Balaban J connectivity index is 1.32. The normalized spacial score (nSPS) is 46.0. The van der Waals surface area contributed by atoms with Crippen LogP contribution in [0.2, 0.25) is 0 Å². The van der Waals surface area contributed by atoms with E-state index in [2.05, 4.69) is 23.9 Å². The van der Waals surface area contributed by atoms with Crippen molar-refractivity contribution in [2.45, 2.75) is 90.7 Å². The van der Waals surface area contributed by atoms with E-state index in [0.717, 1.165) is 36.7 Å². The molecule has 0 radical (unpaired) electrons. The van der Waals surface area contributed by atoms with Gasteiger partial charge in [0.05, 0.1) is 18.3 Å². The molecular formula is C27H41N3O2. The molecule has 0 aliphatic heterocycles. The maximum Gasteiger partial charge on any atom is 0.157 e. The molecule has 0 aromatic carbocycles. The summed E-state index contributed by atoms with van der Waals surface area (Å²) < 4.78 is 1.79. The lowest BCUT2D eigenvalue weighted by atomic mass is 9.44. The first-order valence-electron chi connectivity index (χ1n) is 12.9. The van der Waals surface area contributed by atoms with Gasteiger partial charge >= 0.3 is 0 Å². The van der Waals surface area contributed by atoms with E-state index in [0.29, 0.717) is 29.6 Å². The second-order valence-corrected chi connectivity index (χ2v) is 12.4. The molecule has 4 saturated carbocycles. The summed E-state index contributed by atoms with van der Waals surface area (Å²) in [7, 11) is 1.75. The van der Waals surface area contributed by atoms with Crippen molar-refractivity contribution in [3.05, 3.63) is 18.0 Å². The monoisotopic (exact) mass is 439 g/mol. The number of fused-ring (bicyclic) bond motifs is 5. The number of carbonyl (C=O) groups excluding carboxylic acids is 1. The molecule has 1 N–H and O–H groups in total. The van der Waals surface area contributed by atoms with Crippen LogP contribution in [0.15, 0.2) is 17.4 Å². The molecule has 0 amide bonds. The van der Waals surface area contributed by atoms with E-state index in [1.54, 1.807) is 24.1 Å². The molecule has 0 unspecified atom stereocenters. The van der Waals surface area contributed by atoms with Gasteiger partial charge in [0.1, 0.15) is 0 Å². The third-order valence-corrected chi connectivity index (χ3v) is 10.6. The highest BCUT2D eigenvalue weighted by atomic mass is 16.3. The number of hydrogen-bond acceptors (Lipinski definition) is 4. The van der Waals surface area contributed by atoms with Gasteiger partial charge in [-0.25, -0.2) is 0 Å². The summed E-state index contributed by atoms with van der Waals surface area (Å²) in [5.74, 6) is 3.40. The number of nitrogens with zero attached hydrogens (tertiary/aromatic N) is 3. The van der Waals surface area contributed by atoms with E-state index in [4.69, 9.17) is 0 Å². The minimum Gasteiger partial charge on any atom is -0.390 e. The average Bonchev–Trinajstić information content (AvgIpc) is 3.32. The standard InChI is InChI=1S/C27H41N3O2/c1-25(32)11-12-26(2)19(13-25)5-6-20-21-7-8-23(27(21,3)10-9-22(20)26)24(31)17-30-16-18(14-28-4)15-29-30/h14-16,19-23,32H,5-13,17H2,1-4H3/b28-14+/t19-,20-,21-,22-,23+,25+,26-,27-/m0/s1. The molecule has 1 heterocycles. The molecule has 8 atom stereocenters. The molecule has 4 aliphatic rings. The van der Waals surface area contributed by atoms with Crippen LogP contribution in [0, 0.1) is 40.4 Å². The van der Waals surface area contributed by atoms with Crippen LogP contribution >= 0.6 is 0 Å². The minimum atomic E-state index is -0.472. The number of aliphatic imine (C=N–C) groups is 1. The van der Waals surface area contributed by atoms with Crippen molar-refractivity contribution in [1.29, 1.82) is 0 Å². The Kier molecular flexibility index (Phi) is 5.43. The quantitative estimate of drug-likeness (QED) is 0.678. The van der Waals surface area contributed by atoms with E-state index in [9.17, 15) is 9.90 Å². The van der Waals surface area contributed by atoms with Gasteiger partial charge in [-0.05, 0) is 99.2 Å². The van der Waals surface area contributed by atoms with Crippen molar-refractivity contribution in [1.82, 2.24) is 9.78 Å². The molecule has 0 spiro atoms. The maximum absolute atomic E-state index is 13.4. The lowest BCUT2D eigenvalue weighted by Gasteiger charge is -2.61. The molecule has 0 saturated heterocycles. The smallest absolute Gasteiger partial charge is 0.157 e. The lowest BCUT2D eigenvalue weighted by Crippen LogP contribution is -2.55. The van der Waals surface area contributed by atoms with Crippen molar-refractivity contribution < 1.29 is 9.90 Å². The highest BCUT2D eigenvalue weighted by Crippen LogP contribution is 2.68. The highest BCUT2D eigenvalue weighted by molar-refractivity contribution is 5.82. The molecule has 1 aromatic heterocycles. The Morgan fingerprint density at radius 1 is 1.12 bits per heavy atom. The predicted molar refractivity (Wildman–Crippen MR) is 127 cm³/mol. The van der Waals surface area contributed by atoms with Gasteiger partial charge < -0.3 is 5.11 Å². The van der Waals surface area contributed by atoms with Gasteiger partial charge in [0.2, 0.25) is 0 Å². The van der Waals surface area contributed by atoms with Crippen LogP contribution in [0.1, 0.15) is 84.1 Å². The van der Waals surface area contributed by atoms with Gasteiger partial charge in [0.25, 0.3) is 0 Å². The van der Waals surface area contributed by atoms with Gasteiger partial charge in [-0.2, -0.15) is 5.10 Å². The fourth-order valence-corrected chi connectivity index (χ4v) is 8.91. The number of Topliss-reactive ketones (excluding diaryl/α,β-unsaturated/α-hetero) is 1. The van der Waals surface area contributed by atoms with Crippen molar-refractivity contribution in [2.24, 2.45) is 45.4 Å². The molecule has 1 aromatic rings. The number of carbonyl (C=O) groups is 1. The SMILES string of the molecule is C/N=C/c1cnn(CC(=O)[C@H]2CC[C@H]3[C@@H]4CC[C@H]5C[C@](C)(O)CC[C@]5(C)[C@H]4CC[C@]23C)c1. The van der Waals surface area contributed by atoms with Crippen LogP contribution in [0.3, 0.4) is 0 Å². The van der Waals surface area contributed by atoms with E-state index in [1.165, 1.54) is 38.5 Å². The number of aromatic nitrogens is 2. The summed E-state index contributed by atoms with van der Waals surface area (Å²) in [6, 6.07) is 0. The molecule has 5 rings (SSSR count). The number of hydrogen-bond donors (Lipinski definition) is 1. The van der Waals surface area contributed by atoms with Crippen LogP contribution in [-0.2, 0) is 11.3 Å². The first-order valence-corrected chi connectivity index (χ1v) is 12.9. The van der Waals surface area contributed by atoms with Crippen LogP contribution in [0.5, 0.6) is 0 Å². The van der Waals surface area contributed by atoms with Crippen molar-refractivity contribution in [2.75, 3.05) is 7.05 Å². The highest BCUT2D eigenvalue weighted by Gasteiger charge is 2.61. The maximum atomic E-state index is 13.4. The Hall–Kier alpha value is -1.49. The van der Waals surface area contributed by atoms with Gasteiger partial charge in [0.15, 0.2) is 5.78 Å². The Morgan fingerprint density at radius 3 is 2.69 bits per heavy atom. The van der Waals surface area contributed by atoms with Crippen LogP contribution in [0.25, 0.3) is 0 Å². The van der Waals surface area contributed by atoms with Crippen LogP contribution in [0.4, 0.5) is 0 Å². The molecular weight excluding hydrogens is 398 g/mol. The molecule has 176 valence electrons. The lowest BCUT2D eigenvalue weighted by molar-refractivity contribution is -0.151. The minimum absolute atomic E-state index is 0.141. The summed E-state index contributed by atoms with van der Waals surface area (Å²) in [5.41, 5.74) is 0.997. The van der Waals surface area contributed by atoms with Crippen molar-refractivity contribution in [3.8, 4) is 0 Å². The topological polar surface area (TPSA) is 67.5 Å². The second kappa shape index (κ2) is 7.78. The molecule has 5 heteroatoms. The Labute approximate surface area is 193 Å². The zero-order valence-electron chi connectivity index (χ0n) is 20.4. The first kappa shape index (κ1) is 22.3. The summed E-state index contributed by atoms with van der Waals surface area (Å²) in [4.78, 5) is 17.5. The zero-order valence-corrected chi connectivity index (χ0v) is 20.4. The summed E-state index contributed by atoms with van der Waals surface area (Å²) in [6.07, 6.45) is 15.8. The van der Waals surface area contributed by atoms with Gasteiger partial charge in [-0.1, -0.05) is 13.8 Å². The van der Waals surface area contributed by atoms with Gasteiger partial charge in [-0.15, -0.1) is 0 Å². The molecule has 4 aliphatic carbocycles.